The Morgan fingerprint density at radius 1 is 1.34 bits per heavy atom. The lowest BCUT2D eigenvalue weighted by Crippen LogP contribution is -2.71. The van der Waals surface area contributed by atoms with Crippen molar-refractivity contribution in [2.24, 2.45) is 10.9 Å². The summed E-state index contributed by atoms with van der Waals surface area (Å²) < 4.78 is 5.67. The maximum Gasteiger partial charge on any atom is 0.350 e. The minimum absolute atomic E-state index is 0.00884. The normalized spacial score (nSPS) is 19.1. The molecule has 4 heterocycles. The van der Waals surface area contributed by atoms with E-state index in [4.69, 9.17) is 21.4 Å². The van der Waals surface area contributed by atoms with Crippen LogP contribution >= 0.6 is 23.3 Å². The summed E-state index contributed by atoms with van der Waals surface area (Å²) in [6, 6.07) is 2.15. The van der Waals surface area contributed by atoms with Crippen LogP contribution in [0.1, 0.15) is 26.1 Å². The number of rotatable bonds is 14. The fraction of sp³-hybridized carbons (Fsp3) is 0.440. The van der Waals surface area contributed by atoms with Crippen molar-refractivity contribution in [1.29, 1.82) is 0 Å². The first-order valence-corrected chi connectivity index (χ1v) is 15.0. The minimum atomic E-state index is -1.80. The number of fused-ring (bicyclic) bond motifs is 1. The number of β-lactam (4-membered cyclic amide) rings is 1. The SMILES string of the molecule is CC(C)(O/N=C(\C(=O)NC1C(=O)N2C(C(=O)[O-])=C(C[n+]3ccc(NCC[C@H](N)CO)cc3)CSC12)c1nsc(N)n1)C(=O)O. The van der Waals surface area contributed by atoms with Gasteiger partial charge in [0.25, 0.3) is 11.8 Å². The maximum absolute atomic E-state index is 13.2. The summed E-state index contributed by atoms with van der Waals surface area (Å²) >= 11 is 2.02. The Labute approximate surface area is 259 Å². The summed E-state index contributed by atoms with van der Waals surface area (Å²) in [6.45, 7) is 3.07. The molecule has 236 valence electrons. The number of carbonyl (C=O) groups is 4. The summed E-state index contributed by atoms with van der Waals surface area (Å²) in [5.41, 5.74) is 9.99. The average Bonchev–Trinajstić information content (AvgIpc) is 3.41. The second-order valence-corrected chi connectivity index (χ2v) is 12.2. The number of aliphatic hydroxyl groups is 1. The Bertz CT molecular complexity index is 1490. The summed E-state index contributed by atoms with van der Waals surface area (Å²) in [6.07, 6.45) is 4.08. The van der Waals surface area contributed by atoms with Gasteiger partial charge in [-0.2, -0.15) is 9.36 Å². The zero-order valence-corrected chi connectivity index (χ0v) is 25.3. The average molecular weight is 650 g/mol. The summed E-state index contributed by atoms with van der Waals surface area (Å²) in [5, 5.41) is 39.1. The number of aliphatic hydroxyl groups excluding tert-OH is 1. The van der Waals surface area contributed by atoms with Gasteiger partial charge in [-0.05, 0) is 20.3 Å². The summed E-state index contributed by atoms with van der Waals surface area (Å²) in [5.74, 6) is -4.52. The van der Waals surface area contributed by atoms with Gasteiger partial charge in [0.15, 0.2) is 24.1 Å². The van der Waals surface area contributed by atoms with E-state index >= 15 is 0 Å². The van der Waals surface area contributed by atoms with Gasteiger partial charge in [-0.1, -0.05) is 5.16 Å². The molecule has 19 heteroatoms. The van der Waals surface area contributed by atoms with Crippen LogP contribution in [-0.2, 0) is 30.6 Å². The lowest BCUT2D eigenvalue weighted by atomic mass is 10.0. The molecule has 2 unspecified atom stereocenters. The molecule has 44 heavy (non-hydrogen) atoms. The molecule has 4 rings (SSSR count). The Balaban J connectivity index is 1.47. The van der Waals surface area contributed by atoms with Gasteiger partial charge in [-0.3, -0.25) is 14.5 Å². The highest BCUT2D eigenvalue weighted by Gasteiger charge is 2.53. The summed E-state index contributed by atoms with van der Waals surface area (Å²) in [7, 11) is 0. The van der Waals surface area contributed by atoms with Crippen LogP contribution in [-0.4, -0.2) is 95.9 Å². The Hall–Kier alpha value is -4.33. The van der Waals surface area contributed by atoms with Crippen LogP contribution in [0, 0.1) is 0 Å². The van der Waals surface area contributed by atoms with Crippen LogP contribution in [0.15, 0.2) is 41.0 Å². The Morgan fingerprint density at radius 2 is 2.05 bits per heavy atom. The van der Waals surface area contributed by atoms with Crippen LogP contribution < -0.4 is 31.8 Å². The number of anilines is 2. The standard InChI is InChI=1S/C25H31N9O8S2/c1-25(2,23(40)41)42-31-15(18-30-24(27)44-32-18)19(36)29-16-20(37)34-17(22(38)39)12(11-43-21(16)34)9-33-7-4-14(5-8-33)28-6-3-13(26)10-35/h4-5,7-8,13,16,21,35H,3,6,9-11,26H2,1-2H3,(H5,27,29,30,32,36,38,39,40,41)/b31-15-/t13-,16?,21?/m0/s1. The largest absolute Gasteiger partial charge is 0.543 e. The molecule has 1 fully saturated rings. The number of amides is 2. The molecule has 0 aliphatic carbocycles. The van der Waals surface area contributed by atoms with Crippen LogP contribution in [0.5, 0.6) is 0 Å². The van der Waals surface area contributed by atoms with Crippen molar-refractivity contribution < 1.29 is 43.9 Å². The van der Waals surface area contributed by atoms with Gasteiger partial charge in [0.1, 0.15) is 11.4 Å². The van der Waals surface area contributed by atoms with Crippen LogP contribution in [0.3, 0.4) is 0 Å². The molecule has 0 saturated carbocycles. The van der Waals surface area contributed by atoms with Gasteiger partial charge in [0, 0.05) is 53.3 Å². The third kappa shape index (κ3) is 7.24. The molecule has 2 amide bonds. The van der Waals surface area contributed by atoms with E-state index in [1.54, 1.807) is 29.1 Å². The van der Waals surface area contributed by atoms with E-state index in [1.807, 2.05) is 0 Å². The van der Waals surface area contributed by atoms with Crippen molar-refractivity contribution in [2.45, 2.75) is 49.9 Å². The summed E-state index contributed by atoms with van der Waals surface area (Å²) in [4.78, 5) is 60.0. The van der Waals surface area contributed by atoms with Crippen molar-refractivity contribution in [2.75, 3.05) is 30.0 Å². The maximum atomic E-state index is 13.2. The third-order valence-corrected chi connectivity index (χ3v) is 8.50. The van der Waals surface area contributed by atoms with Gasteiger partial charge >= 0.3 is 5.97 Å². The Kier molecular flexibility index (Phi) is 10.0. The molecular weight excluding hydrogens is 618 g/mol. The highest BCUT2D eigenvalue weighted by Crippen LogP contribution is 2.40. The van der Waals surface area contributed by atoms with Crippen molar-refractivity contribution in [3.63, 3.8) is 0 Å². The number of nitrogen functional groups attached to an aromatic ring is 1. The molecule has 2 aromatic heterocycles. The number of nitrogens with zero attached hydrogens (tertiary/aromatic N) is 5. The molecule has 2 aliphatic heterocycles. The molecular formula is C25H31N9O8S2. The lowest BCUT2D eigenvalue weighted by Gasteiger charge is -2.50. The first-order chi connectivity index (χ1) is 20.8. The number of hydrogen-bond acceptors (Lipinski definition) is 15. The number of carboxylic acid groups (broad SMARTS) is 2. The smallest absolute Gasteiger partial charge is 0.350 e. The highest BCUT2D eigenvalue weighted by atomic mass is 32.2. The number of pyridine rings is 1. The van der Waals surface area contributed by atoms with E-state index < -0.39 is 46.5 Å². The van der Waals surface area contributed by atoms with E-state index in [0.29, 0.717) is 18.5 Å². The molecule has 0 bridgehead atoms. The minimum Gasteiger partial charge on any atom is -0.543 e. The molecule has 8 N–H and O–H groups in total. The number of nitrogens with two attached hydrogens (primary N) is 2. The van der Waals surface area contributed by atoms with E-state index in [9.17, 15) is 29.4 Å². The van der Waals surface area contributed by atoms with Crippen LogP contribution in [0.2, 0.25) is 0 Å². The molecule has 1 saturated heterocycles. The first-order valence-electron chi connectivity index (χ1n) is 13.2. The van der Waals surface area contributed by atoms with Crippen LogP contribution in [0.4, 0.5) is 10.8 Å². The number of nitrogens with one attached hydrogen (secondary N) is 2. The van der Waals surface area contributed by atoms with Gasteiger partial charge in [0.2, 0.25) is 17.1 Å². The zero-order valence-electron chi connectivity index (χ0n) is 23.6. The van der Waals surface area contributed by atoms with Crippen molar-refractivity contribution in [3.8, 4) is 0 Å². The van der Waals surface area contributed by atoms with E-state index in [2.05, 4.69) is 25.1 Å². The topological polar surface area (TPSA) is 262 Å². The zero-order chi connectivity index (χ0) is 32.2. The van der Waals surface area contributed by atoms with Gasteiger partial charge < -0.3 is 47.1 Å². The Morgan fingerprint density at radius 3 is 2.64 bits per heavy atom. The molecule has 0 aromatic carbocycles. The fourth-order valence-corrected chi connectivity index (χ4v) is 5.88. The second kappa shape index (κ2) is 13.5. The van der Waals surface area contributed by atoms with Crippen molar-refractivity contribution in [1.82, 2.24) is 19.6 Å². The fourth-order valence-electron chi connectivity index (χ4n) is 4.11. The van der Waals surface area contributed by atoms with E-state index in [1.165, 1.54) is 25.6 Å². The van der Waals surface area contributed by atoms with Crippen LogP contribution in [0.25, 0.3) is 0 Å². The monoisotopic (exact) mass is 649 g/mol. The van der Waals surface area contributed by atoms with Gasteiger partial charge in [-0.15, -0.1) is 11.8 Å². The van der Waals surface area contributed by atoms with E-state index in [-0.39, 0.29) is 41.6 Å². The number of carbonyl (C=O) groups excluding carboxylic acids is 3. The van der Waals surface area contributed by atoms with Crippen molar-refractivity contribution in [3.05, 3.63) is 41.6 Å². The van der Waals surface area contributed by atoms with Gasteiger partial charge in [-0.25, -0.2) is 9.36 Å². The van der Waals surface area contributed by atoms with Gasteiger partial charge in [0.05, 0.1) is 18.3 Å². The quantitative estimate of drug-likeness (QED) is 0.0523. The third-order valence-electron chi connectivity index (χ3n) is 6.62. The number of aromatic nitrogens is 3. The molecule has 0 spiro atoms. The molecule has 0 radical (unpaired) electrons. The van der Waals surface area contributed by atoms with Crippen molar-refractivity contribution >= 4 is 63.6 Å². The predicted molar refractivity (Wildman–Crippen MR) is 156 cm³/mol. The number of oxime groups is 1. The molecule has 3 atom stereocenters. The first kappa shape index (κ1) is 32.6. The number of carboxylic acids is 2. The number of aliphatic carboxylic acids is 2. The molecule has 2 aromatic rings. The number of hydrogen-bond donors (Lipinski definition) is 6. The lowest BCUT2D eigenvalue weighted by molar-refractivity contribution is -0.689. The molecule has 2 aliphatic rings. The predicted octanol–water partition coefficient (Wildman–Crippen LogP) is -2.78. The van der Waals surface area contributed by atoms with E-state index in [0.717, 1.165) is 22.1 Å². The number of thioether (sulfide) groups is 1. The second-order valence-electron chi connectivity index (χ2n) is 10.3. The molecule has 17 nitrogen and oxygen atoms in total. The highest BCUT2D eigenvalue weighted by molar-refractivity contribution is 8.00.